The van der Waals surface area contributed by atoms with E-state index in [4.69, 9.17) is 10.00 Å². The van der Waals surface area contributed by atoms with Crippen LogP contribution in [-0.4, -0.2) is 24.8 Å². The van der Waals surface area contributed by atoms with E-state index in [9.17, 15) is 0 Å². The summed E-state index contributed by atoms with van der Waals surface area (Å²) in [5.74, 6) is 1.58. The highest BCUT2D eigenvalue weighted by atomic mass is 16.5. The molecule has 0 aromatic heterocycles. The summed E-state index contributed by atoms with van der Waals surface area (Å²) in [6.45, 7) is 5.19. The van der Waals surface area contributed by atoms with Crippen molar-refractivity contribution in [3.63, 3.8) is 0 Å². The van der Waals surface area contributed by atoms with Crippen LogP contribution in [0.2, 0.25) is 0 Å². The molecule has 1 N–H and O–H groups in total. The molecule has 4 atom stereocenters. The molecule has 0 aromatic rings. The molecule has 0 amide bonds. The van der Waals surface area contributed by atoms with Gasteiger partial charge in [0.15, 0.2) is 0 Å². The van der Waals surface area contributed by atoms with E-state index >= 15 is 0 Å². The summed E-state index contributed by atoms with van der Waals surface area (Å²) in [5, 5.41) is 12.3. The summed E-state index contributed by atoms with van der Waals surface area (Å²) in [7, 11) is 0. The average Bonchev–Trinajstić information content (AvgIpc) is 3.12. The standard InChI is InChI=1S/C14H24N2O/c1-10-3-6-14(7-11(10)2)17-9-13(8-15)16-12-4-5-12/h10-14,16H,3-7,9H2,1-2H3. The zero-order chi connectivity index (χ0) is 12.3. The van der Waals surface area contributed by atoms with Crippen LogP contribution in [0.3, 0.4) is 0 Å². The molecule has 2 aliphatic carbocycles. The van der Waals surface area contributed by atoms with E-state index in [0.29, 0.717) is 18.8 Å². The van der Waals surface area contributed by atoms with E-state index in [1.54, 1.807) is 0 Å². The van der Waals surface area contributed by atoms with Gasteiger partial charge >= 0.3 is 0 Å². The third kappa shape index (κ3) is 3.97. The summed E-state index contributed by atoms with van der Waals surface area (Å²) in [4.78, 5) is 0. The Morgan fingerprint density at radius 1 is 1.24 bits per heavy atom. The second kappa shape index (κ2) is 5.84. The number of ether oxygens (including phenoxy) is 1. The van der Waals surface area contributed by atoms with Crippen LogP contribution in [0.1, 0.15) is 46.0 Å². The second-order valence-electron chi connectivity index (χ2n) is 5.85. The Balaban J connectivity index is 1.68. The molecule has 0 aliphatic heterocycles. The van der Waals surface area contributed by atoms with Gasteiger partial charge in [-0.3, -0.25) is 5.32 Å². The fourth-order valence-electron chi connectivity index (χ4n) is 2.54. The van der Waals surface area contributed by atoms with Crippen molar-refractivity contribution in [2.75, 3.05) is 6.61 Å². The lowest BCUT2D eigenvalue weighted by Gasteiger charge is -2.32. The lowest BCUT2D eigenvalue weighted by molar-refractivity contribution is -0.00203. The first-order chi connectivity index (χ1) is 8.19. The number of nitriles is 1. The van der Waals surface area contributed by atoms with E-state index in [0.717, 1.165) is 24.7 Å². The van der Waals surface area contributed by atoms with E-state index in [1.807, 2.05) is 0 Å². The predicted molar refractivity (Wildman–Crippen MR) is 67.5 cm³/mol. The SMILES string of the molecule is CC1CCC(OCC(C#N)NC2CC2)CC1C. The van der Waals surface area contributed by atoms with E-state index in [1.165, 1.54) is 19.3 Å². The smallest absolute Gasteiger partial charge is 0.119 e. The van der Waals surface area contributed by atoms with Gasteiger partial charge in [0.25, 0.3) is 0 Å². The molecule has 2 aliphatic rings. The summed E-state index contributed by atoms with van der Waals surface area (Å²) in [6.07, 6.45) is 6.39. The third-order valence-electron chi connectivity index (χ3n) is 4.22. The number of hydrogen-bond acceptors (Lipinski definition) is 3. The van der Waals surface area contributed by atoms with E-state index < -0.39 is 0 Å². The molecule has 0 aromatic carbocycles. The van der Waals surface area contributed by atoms with Gasteiger partial charge in [0, 0.05) is 6.04 Å². The van der Waals surface area contributed by atoms with Crippen molar-refractivity contribution < 1.29 is 4.74 Å². The number of hydrogen-bond donors (Lipinski definition) is 1. The number of rotatable bonds is 5. The van der Waals surface area contributed by atoms with Crippen LogP contribution >= 0.6 is 0 Å². The minimum Gasteiger partial charge on any atom is -0.375 e. The molecule has 3 nitrogen and oxygen atoms in total. The minimum atomic E-state index is -0.114. The molecule has 96 valence electrons. The molecule has 2 saturated carbocycles. The van der Waals surface area contributed by atoms with E-state index in [2.05, 4.69) is 25.2 Å². The van der Waals surface area contributed by atoms with Crippen molar-refractivity contribution in [3.05, 3.63) is 0 Å². The van der Waals surface area contributed by atoms with Gasteiger partial charge in [-0.2, -0.15) is 5.26 Å². The Labute approximate surface area is 105 Å². The van der Waals surface area contributed by atoms with Crippen LogP contribution in [0.25, 0.3) is 0 Å². The fourth-order valence-corrected chi connectivity index (χ4v) is 2.54. The van der Waals surface area contributed by atoms with Crippen LogP contribution in [0, 0.1) is 23.2 Å². The molecule has 0 saturated heterocycles. The Morgan fingerprint density at radius 3 is 2.59 bits per heavy atom. The predicted octanol–water partition coefficient (Wildman–Crippen LogP) is 2.47. The highest BCUT2D eigenvalue weighted by Crippen LogP contribution is 2.31. The van der Waals surface area contributed by atoms with Crippen molar-refractivity contribution in [3.8, 4) is 6.07 Å². The molecule has 0 heterocycles. The molecule has 0 radical (unpaired) electrons. The third-order valence-corrected chi connectivity index (χ3v) is 4.22. The minimum absolute atomic E-state index is 0.114. The first kappa shape index (κ1) is 12.9. The van der Waals surface area contributed by atoms with Crippen molar-refractivity contribution in [1.29, 1.82) is 5.26 Å². The molecule has 4 unspecified atom stereocenters. The van der Waals surface area contributed by atoms with Gasteiger partial charge in [0.05, 0.1) is 18.8 Å². The van der Waals surface area contributed by atoms with Gasteiger partial charge in [0.2, 0.25) is 0 Å². The van der Waals surface area contributed by atoms with E-state index in [-0.39, 0.29) is 6.04 Å². The molecular formula is C14H24N2O. The lowest BCUT2D eigenvalue weighted by atomic mass is 9.80. The summed E-state index contributed by atoms with van der Waals surface area (Å²) >= 11 is 0. The Hall–Kier alpha value is -0.590. The molecule has 0 spiro atoms. The maximum atomic E-state index is 9.03. The Morgan fingerprint density at radius 2 is 2.00 bits per heavy atom. The average molecular weight is 236 g/mol. The van der Waals surface area contributed by atoms with Gasteiger partial charge in [-0.05, 0) is 43.9 Å². The summed E-state index contributed by atoms with van der Waals surface area (Å²) in [6, 6.07) is 2.76. The Bertz CT molecular complexity index is 282. The first-order valence-electron chi connectivity index (χ1n) is 6.96. The molecule has 2 fully saturated rings. The van der Waals surface area contributed by atoms with Gasteiger partial charge in [-0.1, -0.05) is 13.8 Å². The van der Waals surface area contributed by atoms with Gasteiger partial charge < -0.3 is 4.74 Å². The van der Waals surface area contributed by atoms with Crippen LogP contribution in [0.5, 0.6) is 0 Å². The number of nitrogens with one attached hydrogen (secondary N) is 1. The quantitative estimate of drug-likeness (QED) is 0.797. The molecule has 2 rings (SSSR count). The highest BCUT2D eigenvalue weighted by Gasteiger charge is 2.27. The van der Waals surface area contributed by atoms with Crippen LogP contribution in [-0.2, 0) is 4.74 Å². The van der Waals surface area contributed by atoms with Crippen LogP contribution < -0.4 is 5.32 Å². The zero-order valence-corrected chi connectivity index (χ0v) is 11.0. The number of nitrogens with zero attached hydrogens (tertiary/aromatic N) is 1. The van der Waals surface area contributed by atoms with Crippen molar-refractivity contribution in [2.24, 2.45) is 11.8 Å². The maximum absolute atomic E-state index is 9.03. The van der Waals surface area contributed by atoms with Crippen LogP contribution in [0.15, 0.2) is 0 Å². The summed E-state index contributed by atoms with van der Waals surface area (Å²) < 4.78 is 5.90. The van der Waals surface area contributed by atoms with Gasteiger partial charge in [-0.25, -0.2) is 0 Å². The fraction of sp³-hybridized carbons (Fsp3) is 0.929. The maximum Gasteiger partial charge on any atom is 0.119 e. The second-order valence-corrected chi connectivity index (χ2v) is 5.85. The highest BCUT2D eigenvalue weighted by molar-refractivity contribution is 4.96. The monoisotopic (exact) mass is 236 g/mol. The molecule has 3 heteroatoms. The van der Waals surface area contributed by atoms with Gasteiger partial charge in [0.1, 0.15) is 6.04 Å². The lowest BCUT2D eigenvalue weighted by Crippen LogP contribution is -2.36. The van der Waals surface area contributed by atoms with Crippen molar-refractivity contribution in [2.45, 2.75) is 64.1 Å². The van der Waals surface area contributed by atoms with Gasteiger partial charge in [-0.15, -0.1) is 0 Å². The molecule has 0 bridgehead atoms. The normalized spacial score (nSPS) is 35.2. The largest absolute Gasteiger partial charge is 0.375 e. The molecule has 17 heavy (non-hydrogen) atoms. The zero-order valence-electron chi connectivity index (χ0n) is 11.0. The molecular weight excluding hydrogens is 212 g/mol. The van der Waals surface area contributed by atoms with Crippen molar-refractivity contribution >= 4 is 0 Å². The first-order valence-corrected chi connectivity index (χ1v) is 6.96. The van der Waals surface area contributed by atoms with Crippen molar-refractivity contribution in [1.82, 2.24) is 5.32 Å². The topological polar surface area (TPSA) is 45.0 Å². The Kier molecular flexibility index (Phi) is 4.42. The van der Waals surface area contributed by atoms with Crippen LogP contribution in [0.4, 0.5) is 0 Å². The summed E-state index contributed by atoms with van der Waals surface area (Å²) in [5.41, 5.74) is 0.